The Morgan fingerprint density at radius 2 is 1.66 bits per heavy atom. The van der Waals surface area contributed by atoms with Gasteiger partial charge in [-0.25, -0.2) is 9.59 Å². The maximum Gasteiger partial charge on any atom is 0.407 e. The first-order chi connectivity index (χ1) is 17.0. The average Bonchev–Trinajstić information content (AvgIpc) is 3.59. The van der Waals surface area contributed by atoms with E-state index in [0.717, 1.165) is 11.1 Å². The molecule has 2 unspecified atom stereocenters. The van der Waals surface area contributed by atoms with Crippen molar-refractivity contribution >= 4 is 18.0 Å². The van der Waals surface area contributed by atoms with Crippen LogP contribution in [-0.2, 0) is 23.8 Å². The molecular formula is C26H28N2O7. The quantitative estimate of drug-likeness (QED) is 0.556. The van der Waals surface area contributed by atoms with E-state index in [9.17, 15) is 19.5 Å². The van der Waals surface area contributed by atoms with Crippen molar-refractivity contribution in [3.63, 3.8) is 0 Å². The van der Waals surface area contributed by atoms with E-state index in [1.807, 2.05) is 24.3 Å². The third-order valence-corrected chi connectivity index (χ3v) is 6.88. The van der Waals surface area contributed by atoms with Gasteiger partial charge in [0.1, 0.15) is 12.7 Å². The number of nitrogens with one attached hydrogen (secondary N) is 2. The molecule has 2 amide bonds. The highest BCUT2D eigenvalue weighted by atomic mass is 16.6. The molecule has 9 nitrogen and oxygen atoms in total. The van der Waals surface area contributed by atoms with Crippen molar-refractivity contribution in [2.75, 3.05) is 19.8 Å². The molecule has 2 saturated heterocycles. The number of carbonyl (C=O) groups is 3. The molecule has 1 aliphatic carbocycles. The Kier molecular flexibility index (Phi) is 6.70. The van der Waals surface area contributed by atoms with Crippen molar-refractivity contribution in [3.8, 4) is 11.1 Å². The third kappa shape index (κ3) is 4.87. The van der Waals surface area contributed by atoms with Gasteiger partial charge in [0.15, 0.2) is 6.10 Å². The molecule has 35 heavy (non-hydrogen) atoms. The standard InChI is InChI=1S/C26H28N2O7/c29-24(28-21-11-12-33-23(21)25(30)31)22-10-9-15(35-22)13-27-26(32)34-14-20-18-7-3-1-5-16(18)17-6-2-4-8-19(17)20/h1-8,15,20-23H,9-14H2,(H,27,32)(H,28,29)(H,30,31)/t15?,21-,22?,23+/m0/s1. The Balaban J connectivity index is 1.08. The van der Waals surface area contributed by atoms with Crippen LogP contribution < -0.4 is 10.6 Å². The van der Waals surface area contributed by atoms with E-state index in [0.29, 0.717) is 25.9 Å². The first-order valence-corrected chi connectivity index (χ1v) is 11.9. The smallest absolute Gasteiger partial charge is 0.407 e. The summed E-state index contributed by atoms with van der Waals surface area (Å²) in [5, 5.41) is 14.6. The maximum absolute atomic E-state index is 12.5. The number of benzene rings is 2. The molecule has 9 heteroatoms. The van der Waals surface area contributed by atoms with Crippen LogP contribution in [-0.4, -0.2) is 67.2 Å². The molecular weight excluding hydrogens is 452 g/mol. The fourth-order valence-corrected chi connectivity index (χ4v) is 5.15. The first-order valence-electron chi connectivity index (χ1n) is 11.9. The summed E-state index contributed by atoms with van der Waals surface area (Å²) < 4.78 is 16.5. The second-order valence-corrected chi connectivity index (χ2v) is 9.06. The molecule has 2 fully saturated rings. The summed E-state index contributed by atoms with van der Waals surface area (Å²) >= 11 is 0. The van der Waals surface area contributed by atoms with Crippen LogP contribution >= 0.6 is 0 Å². The summed E-state index contributed by atoms with van der Waals surface area (Å²) in [5.41, 5.74) is 4.62. The molecule has 2 aliphatic heterocycles. The normalized spacial score (nSPS) is 25.0. The van der Waals surface area contributed by atoms with E-state index >= 15 is 0 Å². The number of carbonyl (C=O) groups excluding carboxylic acids is 2. The second-order valence-electron chi connectivity index (χ2n) is 9.06. The number of rotatable bonds is 7. The zero-order valence-corrected chi connectivity index (χ0v) is 19.1. The van der Waals surface area contributed by atoms with Gasteiger partial charge < -0.3 is 30.0 Å². The minimum absolute atomic E-state index is 0.0156. The van der Waals surface area contributed by atoms with Gasteiger partial charge >= 0.3 is 12.1 Å². The molecule has 184 valence electrons. The molecule has 3 N–H and O–H groups in total. The topological polar surface area (TPSA) is 123 Å². The van der Waals surface area contributed by atoms with E-state index in [2.05, 4.69) is 34.9 Å². The Hall–Kier alpha value is -3.43. The molecule has 2 aromatic carbocycles. The summed E-state index contributed by atoms with van der Waals surface area (Å²) in [6.45, 7) is 0.746. The zero-order chi connectivity index (χ0) is 24.4. The molecule has 4 atom stereocenters. The van der Waals surface area contributed by atoms with Crippen LogP contribution in [0.5, 0.6) is 0 Å². The molecule has 0 aromatic heterocycles. The van der Waals surface area contributed by atoms with Gasteiger partial charge in [-0.2, -0.15) is 0 Å². The van der Waals surface area contributed by atoms with Crippen molar-refractivity contribution in [1.29, 1.82) is 0 Å². The lowest BCUT2D eigenvalue weighted by Gasteiger charge is -2.19. The monoisotopic (exact) mass is 480 g/mol. The second kappa shape index (κ2) is 10.1. The van der Waals surface area contributed by atoms with Gasteiger partial charge in [0.2, 0.25) is 5.91 Å². The highest BCUT2D eigenvalue weighted by Gasteiger charge is 2.38. The Bertz CT molecular complexity index is 1070. The Morgan fingerprint density at radius 1 is 0.971 bits per heavy atom. The van der Waals surface area contributed by atoms with E-state index < -0.39 is 30.3 Å². The lowest BCUT2D eigenvalue weighted by Crippen LogP contribution is -2.47. The summed E-state index contributed by atoms with van der Waals surface area (Å²) in [4.78, 5) is 36.1. The number of carboxylic acid groups (broad SMARTS) is 1. The number of fused-ring (bicyclic) bond motifs is 3. The summed E-state index contributed by atoms with van der Waals surface area (Å²) in [6.07, 6.45) is -1.02. The predicted octanol–water partition coefficient (Wildman–Crippen LogP) is 2.43. The lowest BCUT2D eigenvalue weighted by atomic mass is 9.98. The van der Waals surface area contributed by atoms with Crippen LogP contribution in [0.15, 0.2) is 48.5 Å². The molecule has 0 bridgehead atoms. The minimum Gasteiger partial charge on any atom is -0.479 e. The van der Waals surface area contributed by atoms with E-state index in [1.54, 1.807) is 0 Å². The largest absolute Gasteiger partial charge is 0.479 e. The van der Waals surface area contributed by atoms with Crippen molar-refractivity contribution < 1.29 is 33.7 Å². The SMILES string of the molecule is O=C(NCC1CCC(C(=O)N[C@H]2CCO[C@H]2C(=O)O)O1)OCC1c2ccccc2-c2ccccc21. The number of hydrogen-bond acceptors (Lipinski definition) is 6. The third-order valence-electron chi connectivity index (χ3n) is 6.88. The molecule has 5 rings (SSSR count). The zero-order valence-electron chi connectivity index (χ0n) is 19.1. The fourth-order valence-electron chi connectivity index (χ4n) is 5.15. The van der Waals surface area contributed by atoms with Gasteiger partial charge in [-0.05, 0) is 41.5 Å². The average molecular weight is 481 g/mol. The number of amides is 2. The number of hydrogen-bond donors (Lipinski definition) is 3. The van der Waals surface area contributed by atoms with Crippen molar-refractivity contribution in [1.82, 2.24) is 10.6 Å². The summed E-state index contributed by atoms with van der Waals surface area (Å²) in [6, 6.07) is 15.7. The van der Waals surface area contributed by atoms with Crippen LogP contribution in [0, 0.1) is 0 Å². The van der Waals surface area contributed by atoms with Crippen molar-refractivity contribution in [2.45, 2.75) is 49.5 Å². The number of ether oxygens (including phenoxy) is 3. The van der Waals surface area contributed by atoms with E-state index in [1.165, 1.54) is 11.1 Å². The predicted molar refractivity (Wildman–Crippen MR) is 125 cm³/mol. The van der Waals surface area contributed by atoms with Crippen LogP contribution in [0.4, 0.5) is 4.79 Å². The Labute approximate surface area is 202 Å². The molecule has 0 radical (unpaired) electrons. The van der Waals surface area contributed by atoms with Gasteiger partial charge in [0.05, 0.1) is 12.1 Å². The van der Waals surface area contributed by atoms with Crippen LogP contribution in [0.25, 0.3) is 11.1 Å². The van der Waals surface area contributed by atoms with Crippen LogP contribution in [0.3, 0.4) is 0 Å². The van der Waals surface area contributed by atoms with Crippen molar-refractivity contribution in [3.05, 3.63) is 59.7 Å². The van der Waals surface area contributed by atoms with E-state index in [-0.39, 0.29) is 31.1 Å². The number of carboxylic acids is 1. The first kappa shape index (κ1) is 23.3. The lowest BCUT2D eigenvalue weighted by molar-refractivity contribution is -0.148. The van der Waals surface area contributed by atoms with Gasteiger partial charge in [0.25, 0.3) is 0 Å². The van der Waals surface area contributed by atoms with Gasteiger partial charge in [-0.15, -0.1) is 0 Å². The summed E-state index contributed by atoms with van der Waals surface area (Å²) in [5.74, 6) is -1.46. The fraction of sp³-hybridized carbons (Fsp3) is 0.423. The molecule has 3 aliphatic rings. The molecule has 2 heterocycles. The van der Waals surface area contributed by atoms with Crippen LogP contribution in [0.1, 0.15) is 36.3 Å². The molecule has 0 saturated carbocycles. The van der Waals surface area contributed by atoms with Gasteiger partial charge in [0, 0.05) is 19.1 Å². The van der Waals surface area contributed by atoms with Crippen LogP contribution in [0.2, 0.25) is 0 Å². The number of aliphatic carboxylic acids is 1. The van der Waals surface area contributed by atoms with Gasteiger partial charge in [-0.3, -0.25) is 4.79 Å². The Morgan fingerprint density at radius 3 is 2.34 bits per heavy atom. The summed E-state index contributed by atoms with van der Waals surface area (Å²) in [7, 11) is 0. The number of alkyl carbamates (subject to hydrolysis) is 1. The molecule has 2 aromatic rings. The molecule has 0 spiro atoms. The van der Waals surface area contributed by atoms with Gasteiger partial charge in [-0.1, -0.05) is 48.5 Å². The minimum atomic E-state index is -1.09. The van der Waals surface area contributed by atoms with Crippen molar-refractivity contribution in [2.24, 2.45) is 0 Å². The maximum atomic E-state index is 12.5. The highest BCUT2D eigenvalue weighted by molar-refractivity contribution is 5.83. The van der Waals surface area contributed by atoms with E-state index in [4.69, 9.17) is 14.2 Å². The highest BCUT2D eigenvalue weighted by Crippen LogP contribution is 2.44.